The molecule has 2 heterocycles. The van der Waals surface area contributed by atoms with Gasteiger partial charge in [0.25, 0.3) is 5.56 Å². The van der Waals surface area contributed by atoms with E-state index in [-0.39, 0.29) is 23.8 Å². The number of piperidine rings is 1. The van der Waals surface area contributed by atoms with Gasteiger partial charge in [-0.15, -0.1) is 0 Å². The van der Waals surface area contributed by atoms with E-state index in [9.17, 15) is 14.0 Å². The van der Waals surface area contributed by atoms with E-state index in [2.05, 4.69) is 11.9 Å². The summed E-state index contributed by atoms with van der Waals surface area (Å²) in [6.07, 6.45) is 3.39. The Hall–Kier alpha value is -2.50. The summed E-state index contributed by atoms with van der Waals surface area (Å²) in [6.45, 7) is 3.68. The van der Waals surface area contributed by atoms with E-state index in [1.165, 1.54) is 29.1 Å². The number of halogens is 1. The third kappa shape index (κ3) is 3.69. The second-order valence-corrected chi connectivity index (χ2v) is 6.31. The van der Waals surface area contributed by atoms with E-state index in [0.29, 0.717) is 17.2 Å². The lowest BCUT2D eigenvalue weighted by Gasteiger charge is -2.30. The molecule has 1 fully saturated rings. The van der Waals surface area contributed by atoms with Crippen LogP contribution in [0.5, 0.6) is 0 Å². The fraction of sp³-hybridized carbons (Fsp3) is 0.389. The van der Waals surface area contributed by atoms with Crippen molar-refractivity contribution in [2.45, 2.75) is 26.3 Å². The molecule has 126 valence electrons. The van der Waals surface area contributed by atoms with Crippen molar-refractivity contribution in [3.63, 3.8) is 0 Å². The van der Waals surface area contributed by atoms with Gasteiger partial charge in [0.2, 0.25) is 5.91 Å². The van der Waals surface area contributed by atoms with Gasteiger partial charge in [0, 0.05) is 24.7 Å². The Morgan fingerprint density at radius 3 is 2.54 bits per heavy atom. The molecule has 0 aliphatic carbocycles. The molecule has 0 radical (unpaired) electrons. The molecular formula is C18H20FN3O2. The molecule has 2 aromatic rings. The maximum absolute atomic E-state index is 13.0. The fourth-order valence-electron chi connectivity index (χ4n) is 2.83. The van der Waals surface area contributed by atoms with Crippen LogP contribution in [0.2, 0.25) is 0 Å². The summed E-state index contributed by atoms with van der Waals surface area (Å²) in [5, 5.41) is 0. The van der Waals surface area contributed by atoms with Gasteiger partial charge in [-0.05, 0) is 43.0 Å². The second-order valence-electron chi connectivity index (χ2n) is 6.31. The molecule has 3 rings (SSSR count). The number of aromatic nitrogens is 2. The van der Waals surface area contributed by atoms with Crippen molar-refractivity contribution in [3.05, 3.63) is 52.8 Å². The van der Waals surface area contributed by atoms with Gasteiger partial charge >= 0.3 is 0 Å². The smallest absolute Gasteiger partial charge is 0.254 e. The number of carbonyl (C=O) groups excluding carboxylic acids is 1. The zero-order chi connectivity index (χ0) is 17.1. The van der Waals surface area contributed by atoms with E-state index in [0.717, 1.165) is 25.9 Å². The van der Waals surface area contributed by atoms with Crippen LogP contribution >= 0.6 is 0 Å². The highest BCUT2D eigenvalue weighted by Crippen LogP contribution is 2.17. The number of hydrogen-bond donors (Lipinski definition) is 0. The molecule has 6 heteroatoms. The quantitative estimate of drug-likeness (QED) is 0.868. The summed E-state index contributed by atoms with van der Waals surface area (Å²) in [6, 6.07) is 7.16. The molecule has 0 bridgehead atoms. The van der Waals surface area contributed by atoms with Crippen molar-refractivity contribution in [3.8, 4) is 11.3 Å². The second kappa shape index (κ2) is 6.95. The normalized spacial score (nSPS) is 15.5. The molecule has 0 unspecified atom stereocenters. The molecule has 1 aromatic heterocycles. The van der Waals surface area contributed by atoms with Crippen molar-refractivity contribution in [2.75, 3.05) is 13.1 Å². The van der Waals surface area contributed by atoms with E-state index in [1.54, 1.807) is 17.0 Å². The van der Waals surface area contributed by atoms with Crippen molar-refractivity contribution in [2.24, 2.45) is 5.92 Å². The molecule has 0 N–H and O–H groups in total. The number of benzene rings is 1. The molecule has 0 atom stereocenters. The zero-order valence-electron chi connectivity index (χ0n) is 13.6. The van der Waals surface area contributed by atoms with Crippen molar-refractivity contribution in [1.82, 2.24) is 14.5 Å². The Morgan fingerprint density at radius 2 is 1.92 bits per heavy atom. The lowest BCUT2D eigenvalue weighted by atomic mass is 9.99. The Labute approximate surface area is 139 Å². The van der Waals surface area contributed by atoms with E-state index in [4.69, 9.17) is 0 Å². The van der Waals surface area contributed by atoms with Crippen LogP contribution in [-0.4, -0.2) is 33.4 Å². The topological polar surface area (TPSA) is 55.2 Å². The highest BCUT2D eigenvalue weighted by Gasteiger charge is 2.20. The van der Waals surface area contributed by atoms with Crippen LogP contribution in [0.25, 0.3) is 11.3 Å². The summed E-state index contributed by atoms with van der Waals surface area (Å²) < 4.78 is 14.3. The van der Waals surface area contributed by atoms with Crippen LogP contribution in [0, 0.1) is 11.7 Å². The molecule has 0 saturated carbocycles. The minimum Gasteiger partial charge on any atom is -0.341 e. The van der Waals surface area contributed by atoms with Gasteiger partial charge in [0.05, 0.1) is 12.0 Å². The van der Waals surface area contributed by atoms with Crippen LogP contribution in [0.1, 0.15) is 19.8 Å². The largest absolute Gasteiger partial charge is 0.341 e. The maximum atomic E-state index is 13.0. The molecule has 24 heavy (non-hydrogen) atoms. The minimum atomic E-state index is -0.339. The number of hydrogen-bond acceptors (Lipinski definition) is 3. The molecule has 1 amide bonds. The predicted molar refractivity (Wildman–Crippen MR) is 88.9 cm³/mol. The fourth-order valence-corrected chi connectivity index (χ4v) is 2.83. The molecule has 1 aliphatic rings. The van der Waals surface area contributed by atoms with Gasteiger partial charge in [-0.2, -0.15) is 0 Å². The first kappa shape index (κ1) is 16.4. The first-order valence-electron chi connectivity index (χ1n) is 8.13. The van der Waals surface area contributed by atoms with Gasteiger partial charge in [0.15, 0.2) is 0 Å². The van der Waals surface area contributed by atoms with Gasteiger partial charge < -0.3 is 4.90 Å². The van der Waals surface area contributed by atoms with Crippen LogP contribution in [0.15, 0.2) is 41.5 Å². The minimum absolute atomic E-state index is 0.00388. The first-order valence-corrected chi connectivity index (χ1v) is 8.13. The van der Waals surface area contributed by atoms with Crippen LogP contribution in [0.4, 0.5) is 4.39 Å². The average Bonchev–Trinajstić information content (AvgIpc) is 2.58. The zero-order valence-corrected chi connectivity index (χ0v) is 13.6. The monoisotopic (exact) mass is 329 g/mol. The van der Waals surface area contributed by atoms with Gasteiger partial charge in [-0.3, -0.25) is 14.2 Å². The summed E-state index contributed by atoms with van der Waals surface area (Å²) in [5.74, 6) is 0.252. The Morgan fingerprint density at radius 1 is 1.25 bits per heavy atom. The lowest BCUT2D eigenvalue weighted by molar-refractivity contribution is -0.133. The molecule has 1 saturated heterocycles. The van der Waals surface area contributed by atoms with Crippen LogP contribution < -0.4 is 5.56 Å². The van der Waals surface area contributed by atoms with E-state index < -0.39 is 0 Å². The number of carbonyl (C=O) groups is 1. The third-order valence-corrected chi connectivity index (χ3v) is 4.46. The van der Waals surface area contributed by atoms with Gasteiger partial charge in [-0.25, -0.2) is 9.37 Å². The molecule has 1 aliphatic heterocycles. The summed E-state index contributed by atoms with van der Waals surface area (Å²) in [7, 11) is 0. The summed E-state index contributed by atoms with van der Waals surface area (Å²) in [5.41, 5.74) is 0.843. The SMILES string of the molecule is CC1CCN(C(=O)Cn2cnc(-c3ccc(F)cc3)cc2=O)CC1. The van der Waals surface area contributed by atoms with E-state index in [1.807, 2.05) is 0 Å². The Balaban J connectivity index is 1.72. The third-order valence-electron chi connectivity index (χ3n) is 4.46. The Bertz CT molecular complexity index is 778. The number of amides is 1. The number of likely N-dealkylation sites (tertiary alicyclic amines) is 1. The highest BCUT2D eigenvalue weighted by atomic mass is 19.1. The number of nitrogens with zero attached hydrogens (tertiary/aromatic N) is 3. The molecule has 0 spiro atoms. The number of rotatable bonds is 3. The predicted octanol–water partition coefficient (Wildman–Crippen LogP) is 2.31. The molecular weight excluding hydrogens is 309 g/mol. The maximum Gasteiger partial charge on any atom is 0.254 e. The summed E-state index contributed by atoms with van der Waals surface area (Å²) >= 11 is 0. The van der Waals surface area contributed by atoms with Crippen molar-refractivity contribution in [1.29, 1.82) is 0 Å². The van der Waals surface area contributed by atoms with Gasteiger partial charge in [-0.1, -0.05) is 6.92 Å². The van der Waals surface area contributed by atoms with Crippen molar-refractivity contribution >= 4 is 5.91 Å². The van der Waals surface area contributed by atoms with Gasteiger partial charge in [0.1, 0.15) is 12.4 Å². The molecule has 1 aromatic carbocycles. The van der Waals surface area contributed by atoms with Crippen LogP contribution in [0.3, 0.4) is 0 Å². The average molecular weight is 329 g/mol. The lowest BCUT2D eigenvalue weighted by Crippen LogP contribution is -2.41. The highest BCUT2D eigenvalue weighted by molar-refractivity contribution is 5.76. The van der Waals surface area contributed by atoms with Crippen molar-refractivity contribution < 1.29 is 9.18 Å². The standard InChI is InChI=1S/C18H20FN3O2/c1-13-6-8-21(9-7-13)18(24)11-22-12-20-16(10-17(22)23)14-2-4-15(19)5-3-14/h2-5,10,12-13H,6-9,11H2,1H3. The first-order chi connectivity index (χ1) is 11.5. The van der Waals surface area contributed by atoms with E-state index >= 15 is 0 Å². The summed E-state index contributed by atoms with van der Waals surface area (Å²) in [4.78, 5) is 30.6. The molecule has 5 nitrogen and oxygen atoms in total. The van der Waals surface area contributed by atoms with Crippen LogP contribution in [-0.2, 0) is 11.3 Å². The Kier molecular flexibility index (Phi) is 4.74.